The normalized spacial score (nSPS) is 29.5. The van der Waals surface area contributed by atoms with Crippen molar-refractivity contribution in [1.29, 1.82) is 0 Å². The van der Waals surface area contributed by atoms with Crippen molar-refractivity contribution >= 4 is 17.5 Å². The van der Waals surface area contributed by atoms with Crippen molar-refractivity contribution in [1.82, 2.24) is 15.3 Å². The fourth-order valence-corrected chi connectivity index (χ4v) is 2.57. The molecule has 2 unspecified atom stereocenters. The third-order valence-electron chi connectivity index (χ3n) is 3.11. The van der Waals surface area contributed by atoms with E-state index in [9.17, 15) is 0 Å². The molecule has 80 valence electrons. The Labute approximate surface area is 93.7 Å². The monoisotopic (exact) mass is 224 g/mol. The first-order valence-corrected chi connectivity index (χ1v) is 5.68. The summed E-state index contributed by atoms with van der Waals surface area (Å²) in [4.78, 5) is 10.7. The largest absolute Gasteiger partial charge is 0.338 e. The molecule has 4 nitrogen and oxygen atoms in total. The molecular formula is C10H13ClN4. The number of piperazine rings is 1. The predicted octanol–water partition coefficient (Wildman–Crippen LogP) is 1.07. The molecule has 0 aliphatic carbocycles. The van der Waals surface area contributed by atoms with E-state index in [4.69, 9.17) is 11.6 Å². The average Bonchev–Trinajstić information content (AvgIpc) is 2.58. The second-order valence-electron chi connectivity index (χ2n) is 4.22. The van der Waals surface area contributed by atoms with Gasteiger partial charge in [0, 0.05) is 31.4 Å². The Morgan fingerprint density at radius 1 is 1.33 bits per heavy atom. The summed E-state index contributed by atoms with van der Waals surface area (Å²) in [5.74, 6) is 0.765. The van der Waals surface area contributed by atoms with Crippen molar-refractivity contribution in [3.8, 4) is 0 Å². The van der Waals surface area contributed by atoms with E-state index >= 15 is 0 Å². The van der Waals surface area contributed by atoms with Crippen LogP contribution in [0, 0.1) is 0 Å². The van der Waals surface area contributed by atoms with E-state index in [0.717, 1.165) is 19.0 Å². The number of aromatic nitrogens is 2. The molecule has 0 spiro atoms. The van der Waals surface area contributed by atoms with E-state index in [1.54, 1.807) is 12.3 Å². The Morgan fingerprint density at radius 3 is 2.73 bits per heavy atom. The number of rotatable bonds is 1. The molecule has 5 heteroatoms. The molecule has 2 fully saturated rings. The molecule has 3 rings (SSSR count). The van der Waals surface area contributed by atoms with Gasteiger partial charge in [0.05, 0.1) is 0 Å². The van der Waals surface area contributed by atoms with Gasteiger partial charge in [-0.1, -0.05) is 11.6 Å². The number of halogens is 1. The molecule has 2 aliphatic rings. The predicted molar refractivity (Wildman–Crippen MR) is 59.2 cm³/mol. The summed E-state index contributed by atoms with van der Waals surface area (Å²) in [5, 5.41) is 4.09. The maximum absolute atomic E-state index is 5.86. The van der Waals surface area contributed by atoms with Gasteiger partial charge in [0.1, 0.15) is 5.15 Å². The lowest BCUT2D eigenvalue weighted by atomic mass is 10.2. The molecule has 2 bridgehead atoms. The zero-order valence-corrected chi connectivity index (χ0v) is 9.11. The highest BCUT2D eigenvalue weighted by atomic mass is 35.5. The minimum atomic E-state index is 0.519. The van der Waals surface area contributed by atoms with Gasteiger partial charge >= 0.3 is 0 Å². The minimum absolute atomic E-state index is 0.519. The highest BCUT2D eigenvalue weighted by molar-refractivity contribution is 6.29. The van der Waals surface area contributed by atoms with Crippen LogP contribution in [0.3, 0.4) is 0 Å². The van der Waals surface area contributed by atoms with Gasteiger partial charge in [0.25, 0.3) is 0 Å². The van der Waals surface area contributed by atoms with Crippen LogP contribution in [0.25, 0.3) is 0 Å². The standard InChI is InChI=1S/C10H13ClN4/c11-9-3-4-12-10(14-9)15-5-7-1-2-8(6-15)13-7/h3-4,7-8,13H,1-2,5-6H2. The quantitative estimate of drug-likeness (QED) is 0.725. The summed E-state index contributed by atoms with van der Waals surface area (Å²) < 4.78 is 0. The Kier molecular flexibility index (Phi) is 2.25. The molecule has 0 amide bonds. The lowest BCUT2D eigenvalue weighted by Gasteiger charge is -2.32. The van der Waals surface area contributed by atoms with Gasteiger partial charge in [-0.2, -0.15) is 0 Å². The third kappa shape index (κ3) is 1.79. The minimum Gasteiger partial charge on any atom is -0.338 e. The van der Waals surface area contributed by atoms with Crippen LogP contribution in [0.15, 0.2) is 12.3 Å². The van der Waals surface area contributed by atoms with Crippen molar-refractivity contribution < 1.29 is 0 Å². The number of nitrogens with one attached hydrogen (secondary N) is 1. The van der Waals surface area contributed by atoms with Gasteiger partial charge in [-0.25, -0.2) is 9.97 Å². The zero-order chi connectivity index (χ0) is 10.3. The van der Waals surface area contributed by atoms with Crippen molar-refractivity contribution in [3.63, 3.8) is 0 Å². The first kappa shape index (κ1) is 9.36. The molecule has 2 aliphatic heterocycles. The first-order valence-electron chi connectivity index (χ1n) is 5.31. The highest BCUT2D eigenvalue weighted by Crippen LogP contribution is 2.23. The number of hydrogen-bond donors (Lipinski definition) is 1. The number of fused-ring (bicyclic) bond motifs is 2. The highest BCUT2D eigenvalue weighted by Gasteiger charge is 2.33. The Balaban J connectivity index is 1.83. The van der Waals surface area contributed by atoms with Crippen molar-refractivity contribution in [2.24, 2.45) is 0 Å². The second-order valence-corrected chi connectivity index (χ2v) is 4.61. The van der Waals surface area contributed by atoms with E-state index in [-0.39, 0.29) is 0 Å². The molecule has 0 aromatic carbocycles. The summed E-state index contributed by atoms with van der Waals surface area (Å²) in [7, 11) is 0. The number of hydrogen-bond acceptors (Lipinski definition) is 4. The molecule has 2 saturated heterocycles. The van der Waals surface area contributed by atoms with E-state index in [0.29, 0.717) is 17.2 Å². The van der Waals surface area contributed by atoms with Crippen LogP contribution in [0.4, 0.5) is 5.95 Å². The maximum atomic E-state index is 5.86. The first-order chi connectivity index (χ1) is 7.31. The van der Waals surface area contributed by atoms with E-state index in [1.165, 1.54) is 12.8 Å². The fourth-order valence-electron chi connectivity index (χ4n) is 2.44. The van der Waals surface area contributed by atoms with E-state index in [1.807, 2.05) is 0 Å². The molecule has 1 N–H and O–H groups in total. The third-order valence-corrected chi connectivity index (χ3v) is 3.32. The summed E-state index contributed by atoms with van der Waals surface area (Å²) in [5.41, 5.74) is 0. The van der Waals surface area contributed by atoms with Crippen molar-refractivity contribution in [2.45, 2.75) is 24.9 Å². The van der Waals surface area contributed by atoms with Crippen LogP contribution in [0.2, 0.25) is 5.15 Å². The summed E-state index contributed by atoms with van der Waals surface area (Å²) in [6.45, 7) is 1.99. The van der Waals surface area contributed by atoms with Gasteiger partial charge in [-0.3, -0.25) is 0 Å². The fraction of sp³-hybridized carbons (Fsp3) is 0.600. The molecule has 1 aromatic rings. The lowest BCUT2D eigenvalue weighted by Crippen LogP contribution is -2.51. The number of nitrogens with zero attached hydrogens (tertiary/aromatic N) is 3. The van der Waals surface area contributed by atoms with Crippen LogP contribution in [-0.4, -0.2) is 35.1 Å². The topological polar surface area (TPSA) is 41.1 Å². The van der Waals surface area contributed by atoms with Gasteiger partial charge < -0.3 is 10.2 Å². The molecule has 0 saturated carbocycles. The molecule has 2 atom stereocenters. The summed E-state index contributed by atoms with van der Waals surface area (Å²) in [6.07, 6.45) is 4.25. The van der Waals surface area contributed by atoms with Crippen LogP contribution in [0.1, 0.15) is 12.8 Å². The lowest BCUT2D eigenvalue weighted by molar-refractivity contribution is 0.461. The molecule has 0 radical (unpaired) electrons. The average molecular weight is 225 g/mol. The van der Waals surface area contributed by atoms with E-state index in [2.05, 4.69) is 20.2 Å². The molecular weight excluding hydrogens is 212 g/mol. The van der Waals surface area contributed by atoms with Crippen LogP contribution < -0.4 is 10.2 Å². The van der Waals surface area contributed by atoms with Gasteiger partial charge in [-0.05, 0) is 18.9 Å². The van der Waals surface area contributed by atoms with Gasteiger partial charge in [0.15, 0.2) is 0 Å². The Hall–Kier alpha value is -0.870. The van der Waals surface area contributed by atoms with Crippen LogP contribution >= 0.6 is 11.6 Å². The zero-order valence-electron chi connectivity index (χ0n) is 8.36. The smallest absolute Gasteiger partial charge is 0.226 e. The molecule has 3 heterocycles. The SMILES string of the molecule is Clc1ccnc(N2CC3CCC(C2)N3)n1. The Bertz CT molecular complexity index is 358. The number of anilines is 1. The van der Waals surface area contributed by atoms with E-state index < -0.39 is 0 Å². The van der Waals surface area contributed by atoms with Crippen LogP contribution in [0.5, 0.6) is 0 Å². The molecule has 15 heavy (non-hydrogen) atoms. The van der Waals surface area contributed by atoms with Crippen molar-refractivity contribution in [3.05, 3.63) is 17.4 Å². The maximum Gasteiger partial charge on any atom is 0.226 e. The molecule has 1 aromatic heterocycles. The van der Waals surface area contributed by atoms with Gasteiger partial charge in [-0.15, -0.1) is 0 Å². The van der Waals surface area contributed by atoms with Crippen LogP contribution in [-0.2, 0) is 0 Å². The van der Waals surface area contributed by atoms with Gasteiger partial charge in [0.2, 0.25) is 5.95 Å². The Morgan fingerprint density at radius 2 is 2.07 bits per heavy atom. The summed E-state index contributed by atoms with van der Waals surface area (Å²) in [6, 6.07) is 2.92. The second kappa shape index (κ2) is 3.61. The summed E-state index contributed by atoms with van der Waals surface area (Å²) >= 11 is 5.86. The van der Waals surface area contributed by atoms with Crippen molar-refractivity contribution in [2.75, 3.05) is 18.0 Å².